The average Bonchev–Trinajstić information content (AvgIpc) is 2.41. The monoisotopic (exact) mass is 241 g/mol. The first-order valence-corrected chi connectivity index (χ1v) is 5.36. The van der Waals surface area contributed by atoms with Crippen molar-refractivity contribution in [2.45, 2.75) is 0 Å². The fraction of sp³-hybridized carbons (Fsp3) is 0. The molecular formula is C13H8FN3O. The van der Waals surface area contributed by atoms with Crippen LogP contribution in [0.2, 0.25) is 0 Å². The van der Waals surface area contributed by atoms with Crippen LogP contribution in [0.5, 0.6) is 0 Å². The maximum Gasteiger partial charge on any atom is 0.282 e. The molecule has 0 aliphatic carbocycles. The minimum absolute atomic E-state index is 0.217. The van der Waals surface area contributed by atoms with E-state index in [9.17, 15) is 9.18 Å². The van der Waals surface area contributed by atoms with Crippen LogP contribution < -0.4 is 5.56 Å². The van der Waals surface area contributed by atoms with Gasteiger partial charge in [-0.05, 0) is 30.3 Å². The molecule has 3 aromatic rings. The molecule has 1 heterocycles. The summed E-state index contributed by atoms with van der Waals surface area (Å²) in [5, 5.41) is 7.96. The van der Waals surface area contributed by atoms with Crippen LogP contribution in [0, 0.1) is 5.82 Å². The average molecular weight is 241 g/mol. The number of aromatic nitrogens is 3. The highest BCUT2D eigenvalue weighted by Crippen LogP contribution is 2.09. The molecule has 0 aliphatic rings. The number of hydrogen-bond donors (Lipinski definition) is 0. The summed E-state index contributed by atoms with van der Waals surface area (Å²) in [5.74, 6) is -0.466. The van der Waals surface area contributed by atoms with Crippen LogP contribution >= 0.6 is 0 Å². The maximum atomic E-state index is 13.2. The predicted molar refractivity (Wildman–Crippen MR) is 65.1 cm³/mol. The third-order valence-corrected chi connectivity index (χ3v) is 2.62. The van der Waals surface area contributed by atoms with Gasteiger partial charge in [-0.1, -0.05) is 23.4 Å². The fourth-order valence-electron chi connectivity index (χ4n) is 1.75. The SMILES string of the molecule is O=c1c2cc(F)ccc2nnn1-c1ccccc1. The lowest BCUT2D eigenvalue weighted by atomic mass is 10.2. The van der Waals surface area contributed by atoms with Gasteiger partial charge in [0.1, 0.15) is 11.3 Å². The molecule has 18 heavy (non-hydrogen) atoms. The van der Waals surface area contributed by atoms with Gasteiger partial charge < -0.3 is 0 Å². The molecule has 88 valence electrons. The quantitative estimate of drug-likeness (QED) is 0.654. The zero-order valence-corrected chi connectivity index (χ0v) is 9.25. The summed E-state index contributed by atoms with van der Waals surface area (Å²) < 4.78 is 14.3. The molecule has 0 atom stereocenters. The normalized spacial score (nSPS) is 10.7. The van der Waals surface area contributed by atoms with E-state index in [1.807, 2.05) is 6.07 Å². The third-order valence-electron chi connectivity index (χ3n) is 2.62. The van der Waals surface area contributed by atoms with E-state index in [-0.39, 0.29) is 10.9 Å². The van der Waals surface area contributed by atoms with Crippen molar-refractivity contribution in [3.8, 4) is 5.69 Å². The minimum atomic E-state index is -0.466. The van der Waals surface area contributed by atoms with Crippen molar-refractivity contribution in [2.75, 3.05) is 0 Å². The minimum Gasteiger partial charge on any atom is -0.267 e. The fourth-order valence-corrected chi connectivity index (χ4v) is 1.75. The van der Waals surface area contributed by atoms with E-state index in [4.69, 9.17) is 0 Å². The van der Waals surface area contributed by atoms with Crippen molar-refractivity contribution in [2.24, 2.45) is 0 Å². The molecule has 4 nitrogen and oxygen atoms in total. The molecule has 0 N–H and O–H groups in total. The molecule has 0 amide bonds. The zero-order chi connectivity index (χ0) is 12.5. The molecule has 0 aliphatic heterocycles. The van der Waals surface area contributed by atoms with Gasteiger partial charge in [0, 0.05) is 0 Å². The largest absolute Gasteiger partial charge is 0.282 e. The molecule has 0 saturated carbocycles. The summed E-state index contributed by atoms with van der Waals surface area (Å²) in [6.07, 6.45) is 0. The van der Waals surface area contributed by atoms with E-state index in [1.165, 1.54) is 18.2 Å². The molecule has 0 unspecified atom stereocenters. The van der Waals surface area contributed by atoms with Crippen molar-refractivity contribution in [1.29, 1.82) is 0 Å². The van der Waals surface area contributed by atoms with E-state index in [0.29, 0.717) is 11.2 Å². The first-order chi connectivity index (χ1) is 8.75. The first-order valence-electron chi connectivity index (χ1n) is 5.36. The molecule has 2 aromatic carbocycles. The lowest BCUT2D eigenvalue weighted by molar-refractivity contribution is 0.628. The van der Waals surface area contributed by atoms with E-state index >= 15 is 0 Å². The molecule has 3 rings (SSSR count). The number of halogens is 1. The Balaban J connectivity index is 2.33. The second-order valence-corrected chi connectivity index (χ2v) is 3.80. The molecule has 0 spiro atoms. The number of hydrogen-bond acceptors (Lipinski definition) is 3. The van der Waals surface area contributed by atoms with Gasteiger partial charge in [-0.2, -0.15) is 4.68 Å². The van der Waals surface area contributed by atoms with E-state index in [2.05, 4.69) is 10.3 Å². The summed E-state index contributed by atoms with van der Waals surface area (Å²) in [6.45, 7) is 0. The number of nitrogens with zero attached hydrogens (tertiary/aromatic N) is 3. The summed E-state index contributed by atoms with van der Waals surface area (Å²) in [5.41, 5.74) is 0.598. The van der Waals surface area contributed by atoms with E-state index in [1.54, 1.807) is 24.3 Å². The van der Waals surface area contributed by atoms with Crippen LogP contribution in [0.4, 0.5) is 4.39 Å². The summed E-state index contributed by atoms with van der Waals surface area (Å²) in [7, 11) is 0. The molecule has 0 fully saturated rings. The van der Waals surface area contributed by atoms with Crippen LogP contribution in [0.3, 0.4) is 0 Å². The van der Waals surface area contributed by atoms with Crippen LogP contribution in [0.15, 0.2) is 53.3 Å². The van der Waals surface area contributed by atoms with Gasteiger partial charge in [-0.3, -0.25) is 4.79 Å². The first kappa shape index (κ1) is 10.6. The van der Waals surface area contributed by atoms with Crippen LogP contribution in [-0.2, 0) is 0 Å². The Kier molecular flexibility index (Phi) is 2.37. The molecule has 1 aromatic heterocycles. The number of fused-ring (bicyclic) bond motifs is 1. The molecule has 0 radical (unpaired) electrons. The van der Waals surface area contributed by atoms with Gasteiger partial charge in [0.05, 0.1) is 11.1 Å². The molecule has 5 heteroatoms. The summed E-state index contributed by atoms with van der Waals surface area (Å²) in [4.78, 5) is 12.2. The number of rotatable bonds is 1. The third kappa shape index (κ3) is 1.66. The Hall–Kier alpha value is -2.56. The number of para-hydroxylation sites is 1. The highest BCUT2D eigenvalue weighted by atomic mass is 19.1. The lowest BCUT2D eigenvalue weighted by Crippen LogP contribution is -2.22. The topological polar surface area (TPSA) is 47.8 Å². The van der Waals surface area contributed by atoms with Crippen molar-refractivity contribution >= 4 is 10.9 Å². The van der Waals surface area contributed by atoms with Gasteiger partial charge in [-0.15, -0.1) is 5.10 Å². The number of benzene rings is 2. The Morgan fingerprint density at radius 1 is 1.06 bits per heavy atom. The standard InChI is InChI=1S/C13H8FN3O/c14-9-6-7-12-11(8-9)13(18)17(16-15-12)10-4-2-1-3-5-10/h1-8H. The lowest BCUT2D eigenvalue weighted by Gasteiger charge is -2.04. The van der Waals surface area contributed by atoms with Crippen molar-refractivity contribution in [3.63, 3.8) is 0 Å². The van der Waals surface area contributed by atoms with Crippen molar-refractivity contribution in [3.05, 3.63) is 64.7 Å². The van der Waals surface area contributed by atoms with Gasteiger partial charge in [0.15, 0.2) is 0 Å². The maximum absolute atomic E-state index is 13.2. The highest BCUT2D eigenvalue weighted by Gasteiger charge is 2.07. The van der Waals surface area contributed by atoms with Crippen molar-refractivity contribution < 1.29 is 4.39 Å². The Morgan fingerprint density at radius 3 is 2.61 bits per heavy atom. The van der Waals surface area contributed by atoms with Crippen LogP contribution in [0.25, 0.3) is 16.6 Å². The molecule has 0 bridgehead atoms. The van der Waals surface area contributed by atoms with Gasteiger partial charge in [0.2, 0.25) is 0 Å². The van der Waals surface area contributed by atoms with E-state index in [0.717, 1.165) is 4.68 Å². The Morgan fingerprint density at radius 2 is 1.83 bits per heavy atom. The van der Waals surface area contributed by atoms with Crippen LogP contribution in [-0.4, -0.2) is 15.0 Å². The van der Waals surface area contributed by atoms with Crippen molar-refractivity contribution in [1.82, 2.24) is 15.0 Å². The summed E-state index contributed by atoms with van der Waals surface area (Å²) >= 11 is 0. The van der Waals surface area contributed by atoms with Gasteiger partial charge in [-0.25, -0.2) is 4.39 Å². The zero-order valence-electron chi connectivity index (χ0n) is 9.25. The Labute approximate surface area is 101 Å². The van der Waals surface area contributed by atoms with Gasteiger partial charge in [0.25, 0.3) is 5.56 Å². The smallest absolute Gasteiger partial charge is 0.267 e. The molecule has 0 saturated heterocycles. The second-order valence-electron chi connectivity index (χ2n) is 3.80. The molecular weight excluding hydrogens is 233 g/mol. The van der Waals surface area contributed by atoms with E-state index < -0.39 is 5.82 Å². The van der Waals surface area contributed by atoms with Gasteiger partial charge >= 0.3 is 0 Å². The van der Waals surface area contributed by atoms with Crippen LogP contribution in [0.1, 0.15) is 0 Å². The predicted octanol–water partition coefficient (Wildman–Crippen LogP) is 1.92. The highest BCUT2D eigenvalue weighted by molar-refractivity contribution is 5.76. The second kappa shape index (κ2) is 4.03. The Bertz CT molecular complexity index is 768. The summed E-state index contributed by atoms with van der Waals surface area (Å²) in [6, 6.07) is 12.8.